The van der Waals surface area contributed by atoms with Crippen molar-refractivity contribution in [3.63, 3.8) is 0 Å². The third-order valence-electron chi connectivity index (χ3n) is 2.63. The van der Waals surface area contributed by atoms with Crippen LogP contribution in [0.4, 0.5) is 4.39 Å². The number of aliphatic hydroxyl groups excluding tert-OH is 1. The second kappa shape index (κ2) is 5.70. The van der Waals surface area contributed by atoms with Crippen LogP contribution in [-0.2, 0) is 6.42 Å². The molecule has 0 aliphatic rings. The first-order valence-electron chi connectivity index (χ1n) is 5.44. The highest BCUT2D eigenvalue weighted by Gasteiger charge is 2.18. The van der Waals surface area contributed by atoms with Crippen molar-refractivity contribution in [3.8, 4) is 0 Å². The molecule has 1 aromatic heterocycles. The highest BCUT2D eigenvalue weighted by atomic mass is 79.9. The highest BCUT2D eigenvalue weighted by Crippen LogP contribution is 2.34. The summed E-state index contributed by atoms with van der Waals surface area (Å²) in [7, 11) is 0. The number of hydrogen-bond acceptors (Lipinski definition) is 2. The minimum absolute atomic E-state index is 0.202. The molecule has 18 heavy (non-hydrogen) atoms. The Morgan fingerprint density at radius 3 is 2.78 bits per heavy atom. The summed E-state index contributed by atoms with van der Waals surface area (Å²) in [6, 6.07) is 6.50. The van der Waals surface area contributed by atoms with Crippen molar-refractivity contribution < 1.29 is 9.50 Å². The second-order valence-electron chi connectivity index (χ2n) is 3.85. The largest absolute Gasteiger partial charge is 0.383 e. The molecule has 0 saturated carbocycles. The molecule has 1 aromatic carbocycles. The van der Waals surface area contributed by atoms with Gasteiger partial charge in [0.05, 0.1) is 5.02 Å². The van der Waals surface area contributed by atoms with Crippen LogP contribution in [0.3, 0.4) is 0 Å². The first kappa shape index (κ1) is 14.0. The van der Waals surface area contributed by atoms with E-state index in [4.69, 9.17) is 11.6 Å². The van der Waals surface area contributed by atoms with E-state index < -0.39 is 11.9 Å². The third kappa shape index (κ3) is 2.77. The monoisotopic (exact) mass is 348 g/mol. The molecule has 2 rings (SSSR count). The topological polar surface area (TPSA) is 20.2 Å². The Labute approximate surface area is 122 Å². The average molecular weight is 350 g/mol. The van der Waals surface area contributed by atoms with Gasteiger partial charge in [0.1, 0.15) is 11.9 Å². The number of benzene rings is 1. The molecule has 0 spiro atoms. The fraction of sp³-hybridized carbons (Fsp3) is 0.231. The lowest BCUT2D eigenvalue weighted by Gasteiger charge is -2.11. The number of halogens is 3. The van der Waals surface area contributed by atoms with Gasteiger partial charge >= 0.3 is 0 Å². The Hall–Kier alpha value is -0.420. The van der Waals surface area contributed by atoms with E-state index >= 15 is 0 Å². The van der Waals surface area contributed by atoms with Crippen molar-refractivity contribution in [2.45, 2.75) is 19.4 Å². The van der Waals surface area contributed by atoms with Crippen LogP contribution in [0, 0.1) is 5.82 Å². The summed E-state index contributed by atoms with van der Waals surface area (Å²) in [5, 5.41) is 10.6. The Kier molecular flexibility index (Phi) is 4.43. The normalized spacial score (nSPS) is 12.7. The van der Waals surface area contributed by atoms with E-state index in [-0.39, 0.29) is 5.56 Å². The fourth-order valence-electron chi connectivity index (χ4n) is 1.63. The van der Waals surface area contributed by atoms with Gasteiger partial charge in [-0.25, -0.2) is 4.39 Å². The van der Waals surface area contributed by atoms with Crippen molar-refractivity contribution in [3.05, 3.63) is 54.9 Å². The summed E-state index contributed by atoms with van der Waals surface area (Å²) in [6.45, 7) is 2.04. The first-order valence-corrected chi connectivity index (χ1v) is 7.42. The Balaban J connectivity index is 2.39. The minimum atomic E-state index is -0.971. The third-order valence-corrected chi connectivity index (χ3v) is 5.11. The van der Waals surface area contributed by atoms with E-state index in [0.29, 0.717) is 9.50 Å². The highest BCUT2D eigenvalue weighted by molar-refractivity contribution is 9.10. The number of hydrogen-bond donors (Lipinski definition) is 1. The standard InChI is InChI=1S/C13H11BrClFOS/c1-2-7-3-4-12(18-7)13(17)8-5-10(15)9(14)6-11(8)16/h3-6,13,17H,2H2,1H3. The molecule has 2 aromatic rings. The van der Waals surface area contributed by atoms with E-state index in [1.165, 1.54) is 23.5 Å². The zero-order chi connectivity index (χ0) is 13.3. The summed E-state index contributed by atoms with van der Waals surface area (Å²) >= 11 is 10.6. The summed E-state index contributed by atoms with van der Waals surface area (Å²) in [6.07, 6.45) is -0.0677. The van der Waals surface area contributed by atoms with Crippen LogP contribution in [0.1, 0.15) is 28.3 Å². The maximum absolute atomic E-state index is 13.8. The Bertz CT molecular complexity index is 570. The molecule has 0 aliphatic carbocycles. The number of aryl methyl sites for hydroxylation is 1. The van der Waals surface area contributed by atoms with Crippen LogP contribution < -0.4 is 0 Å². The zero-order valence-corrected chi connectivity index (χ0v) is 12.7. The van der Waals surface area contributed by atoms with Crippen LogP contribution >= 0.6 is 38.9 Å². The van der Waals surface area contributed by atoms with Crippen LogP contribution in [0.15, 0.2) is 28.7 Å². The van der Waals surface area contributed by atoms with Gasteiger partial charge < -0.3 is 5.11 Å². The van der Waals surface area contributed by atoms with Gasteiger partial charge in [-0.2, -0.15) is 0 Å². The van der Waals surface area contributed by atoms with Crippen LogP contribution in [0.2, 0.25) is 5.02 Å². The predicted octanol–water partition coefficient (Wildman–Crippen LogP) is 4.95. The SMILES string of the molecule is CCc1ccc(C(O)c2cc(Cl)c(Br)cc2F)s1. The van der Waals surface area contributed by atoms with Gasteiger partial charge in [-0.3, -0.25) is 0 Å². The molecule has 5 heteroatoms. The quantitative estimate of drug-likeness (QED) is 0.778. The van der Waals surface area contributed by atoms with E-state index in [0.717, 1.165) is 16.2 Å². The molecule has 0 fully saturated rings. The van der Waals surface area contributed by atoms with Crippen molar-refractivity contribution in [1.29, 1.82) is 0 Å². The molecule has 0 radical (unpaired) electrons. The number of rotatable bonds is 3. The average Bonchev–Trinajstić information content (AvgIpc) is 2.81. The molecular formula is C13H11BrClFOS. The molecule has 1 heterocycles. The summed E-state index contributed by atoms with van der Waals surface area (Å²) in [5.41, 5.74) is 0.202. The van der Waals surface area contributed by atoms with E-state index in [2.05, 4.69) is 15.9 Å². The molecule has 1 unspecified atom stereocenters. The smallest absolute Gasteiger partial charge is 0.130 e. The van der Waals surface area contributed by atoms with E-state index in [9.17, 15) is 9.50 Å². The molecule has 1 atom stereocenters. The molecule has 0 bridgehead atoms. The maximum Gasteiger partial charge on any atom is 0.130 e. The van der Waals surface area contributed by atoms with Gasteiger partial charge in [0.25, 0.3) is 0 Å². The second-order valence-corrected chi connectivity index (χ2v) is 6.31. The van der Waals surface area contributed by atoms with Crippen molar-refractivity contribution in [1.82, 2.24) is 0 Å². The minimum Gasteiger partial charge on any atom is -0.383 e. The van der Waals surface area contributed by atoms with Crippen LogP contribution in [0.5, 0.6) is 0 Å². The summed E-state index contributed by atoms with van der Waals surface area (Å²) in [5.74, 6) is -0.467. The molecule has 0 aliphatic heterocycles. The van der Waals surface area contributed by atoms with Crippen molar-refractivity contribution in [2.24, 2.45) is 0 Å². The number of thiophene rings is 1. The van der Waals surface area contributed by atoms with Gasteiger partial charge in [0, 0.05) is 19.8 Å². The number of aliphatic hydroxyl groups is 1. The predicted molar refractivity (Wildman–Crippen MR) is 76.9 cm³/mol. The van der Waals surface area contributed by atoms with Gasteiger partial charge in [0.15, 0.2) is 0 Å². The van der Waals surface area contributed by atoms with Gasteiger partial charge in [0.2, 0.25) is 0 Å². The van der Waals surface area contributed by atoms with Crippen LogP contribution in [0.25, 0.3) is 0 Å². The lowest BCUT2D eigenvalue weighted by Crippen LogP contribution is -2.00. The fourth-order valence-corrected chi connectivity index (χ4v) is 3.08. The van der Waals surface area contributed by atoms with E-state index in [1.54, 1.807) is 0 Å². The van der Waals surface area contributed by atoms with Crippen LogP contribution in [-0.4, -0.2) is 5.11 Å². The molecule has 0 amide bonds. The Morgan fingerprint density at radius 1 is 1.44 bits per heavy atom. The summed E-state index contributed by atoms with van der Waals surface area (Å²) < 4.78 is 14.3. The Morgan fingerprint density at radius 2 is 2.17 bits per heavy atom. The zero-order valence-electron chi connectivity index (χ0n) is 9.58. The van der Waals surface area contributed by atoms with Gasteiger partial charge in [-0.1, -0.05) is 18.5 Å². The molecule has 96 valence electrons. The lowest BCUT2D eigenvalue weighted by atomic mass is 10.1. The maximum atomic E-state index is 13.8. The molecule has 1 N–H and O–H groups in total. The van der Waals surface area contributed by atoms with Gasteiger partial charge in [-0.15, -0.1) is 11.3 Å². The first-order chi connectivity index (χ1) is 8.52. The van der Waals surface area contributed by atoms with Crippen molar-refractivity contribution in [2.75, 3.05) is 0 Å². The lowest BCUT2D eigenvalue weighted by molar-refractivity contribution is 0.218. The molecule has 1 nitrogen and oxygen atoms in total. The van der Waals surface area contributed by atoms with Gasteiger partial charge in [-0.05, 0) is 46.6 Å². The molecular weight excluding hydrogens is 339 g/mol. The van der Waals surface area contributed by atoms with E-state index in [1.807, 2.05) is 19.1 Å². The summed E-state index contributed by atoms with van der Waals surface area (Å²) in [4.78, 5) is 1.89. The van der Waals surface area contributed by atoms with Crippen molar-refractivity contribution >= 4 is 38.9 Å². The molecule has 0 saturated heterocycles.